The maximum Gasteiger partial charge on any atom is 0.262 e. The maximum atomic E-state index is 12.6. The van der Waals surface area contributed by atoms with E-state index < -0.39 is 33.8 Å². The average Bonchev–Trinajstić information content (AvgIpc) is 3.34. The summed E-state index contributed by atoms with van der Waals surface area (Å²) in [7, 11) is -3.79. The third-order valence-electron chi connectivity index (χ3n) is 4.69. The minimum absolute atomic E-state index is 0.00676. The molecule has 3 aromatic rings. The third-order valence-corrected chi connectivity index (χ3v) is 6.89. The van der Waals surface area contributed by atoms with Crippen molar-refractivity contribution in [3.63, 3.8) is 0 Å². The second-order valence-electron chi connectivity index (χ2n) is 6.69. The molecular formula is C20H16N4O5S2. The van der Waals surface area contributed by atoms with E-state index in [9.17, 15) is 22.8 Å². The van der Waals surface area contributed by atoms with E-state index >= 15 is 0 Å². The molecule has 2 N–H and O–H groups in total. The van der Waals surface area contributed by atoms with Gasteiger partial charge >= 0.3 is 0 Å². The Balaban J connectivity index is 1.45. The van der Waals surface area contributed by atoms with Crippen LogP contribution in [0.4, 0.5) is 10.7 Å². The molecule has 1 aliphatic heterocycles. The van der Waals surface area contributed by atoms with Crippen LogP contribution in [0, 0.1) is 0 Å². The van der Waals surface area contributed by atoms with Gasteiger partial charge in [0.1, 0.15) is 11.0 Å². The Kier molecular flexibility index (Phi) is 5.29. The lowest BCUT2D eigenvalue weighted by molar-refractivity contribution is -0.119. The monoisotopic (exact) mass is 456 g/mol. The van der Waals surface area contributed by atoms with Gasteiger partial charge in [-0.3, -0.25) is 29.0 Å². The van der Waals surface area contributed by atoms with Gasteiger partial charge < -0.3 is 5.32 Å². The number of thiazole rings is 1. The lowest BCUT2D eigenvalue weighted by Gasteiger charge is -2.21. The minimum atomic E-state index is -3.79. The molecule has 1 aromatic heterocycles. The highest BCUT2D eigenvalue weighted by Crippen LogP contribution is 2.25. The number of benzene rings is 2. The molecule has 31 heavy (non-hydrogen) atoms. The van der Waals surface area contributed by atoms with Crippen LogP contribution in [0.2, 0.25) is 0 Å². The van der Waals surface area contributed by atoms with Gasteiger partial charge in [0.05, 0.1) is 27.7 Å². The van der Waals surface area contributed by atoms with Crippen LogP contribution in [-0.4, -0.2) is 42.1 Å². The van der Waals surface area contributed by atoms with Crippen molar-refractivity contribution in [3.8, 4) is 0 Å². The van der Waals surface area contributed by atoms with Crippen molar-refractivity contribution >= 4 is 49.8 Å². The van der Waals surface area contributed by atoms with Crippen molar-refractivity contribution in [1.82, 2.24) is 9.88 Å². The van der Waals surface area contributed by atoms with Gasteiger partial charge in [0.15, 0.2) is 0 Å². The lowest BCUT2D eigenvalue weighted by atomic mass is 10.1. The number of sulfonamides is 1. The molecule has 0 saturated carbocycles. The highest BCUT2D eigenvalue weighted by Gasteiger charge is 2.40. The van der Waals surface area contributed by atoms with E-state index in [1.165, 1.54) is 42.9 Å². The van der Waals surface area contributed by atoms with Crippen LogP contribution in [0.15, 0.2) is 65.1 Å². The molecule has 0 spiro atoms. The molecule has 4 rings (SSSR count). The highest BCUT2D eigenvalue weighted by atomic mass is 32.2. The third kappa shape index (κ3) is 3.92. The molecule has 9 nitrogen and oxygen atoms in total. The number of fused-ring (bicyclic) bond motifs is 1. The second kappa shape index (κ2) is 7.93. The topological polar surface area (TPSA) is 126 Å². The minimum Gasteiger partial charge on any atom is -0.324 e. The van der Waals surface area contributed by atoms with Gasteiger partial charge in [-0.25, -0.2) is 8.42 Å². The van der Waals surface area contributed by atoms with E-state index in [2.05, 4.69) is 15.0 Å². The van der Waals surface area contributed by atoms with E-state index in [-0.39, 0.29) is 16.0 Å². The van der Waals surface area contributed by atoms with Gasteiger partial charge in [-0.05, 0) is 43.3 Å². The molecule has 2 heterocycles. The molecule has 0 aliphatic carbocycles. The van der Waals surface area contributed by atoms with Crippen LogP contribution < -0.4 is 10.0 Å². The van der Waals surface area contributed by atoms with Gasteiger partial charge in [-0.2, -0.15) is 0 Å². The van der Waals surface area contributed by atoms with Crippen LogP contribution in [0.25, 0.3) is 0 Å². The Morgan fingerprint density at radius 2 is 1.65 bits per heavy atom. The van der Waals surface area contributed by atoms with Crippen molar-refractivity contribution in [1.29, 1.82) is 0 Å². The van der Waals surface area contributed by atoms with Crippen LogP contribution in [-0.2, 0) is 14.8 Å². The van der Waals surface area contributed by atoms with Crippen molar-refractivity contribution in [3.05, 3.63) is 71.4 Å². The Morgan fingerprint density at radius 1 is 1.03 bits per heavy atom. The summed E-state index contributed by atoms with van der Waals surface area (Å²) < 4.78 is 27.2. The Bertz CT molecular complexity index is 1240. The van der Waals surface area contributed by atoms with E-state index in [0.717, 1.165) is 16.2 Å². The number of carbonyl (C=O) groups is 3. The summed E-state index contributed by atoms with van der Waals surface area (Å²) in [5, 5.41) is 2.98. The fourth-order valence-electron chi connectivity index (χ4n) is 3.10. The summed E-state index contributed by atoms with van der Waals surface area (Å²) in [5.41, 5.74) is 2.35. The van der Waals surface area contributed by atoms with Crippen LogP contribution in [0.5, 0.6) is 0 Å². The van der Waals surface area contributed by atoms with E-state index in [1.807, 2.05) is 0 Å². The number of amides is 3. The summed E-state index contributed by atoms with van der Waals surface area (Å²) in [6, 6.07) is 10.9. The van der Waals surface area contributed by atoms with Crippen molar-refractivity contribution in [2.24, 2.45) is 0 Å². The Morgan fingerprint density at radius 3 is 2.19 bits per heavy atom. The fourth-order valence-corrected chi connectivity index (χ4v) is 4.91. The first-order valence-corrected chi connectivity index (χ1v) is 11.4. The quantitative estimate of drug-likeness (QED) is 0.549. The fraction of sp³-hybridized carbons (Fsp3) is 0.100. The summed E-state index contributed by atoms with van der Waals surface area (Å²) >= 11 is 1.15. The number of rotatable bonds is 6. The Labute approximate surface area is 181 Å². The van der Waals surface area contributed by atoms with Crippen molar-refractivity contribution in [2.75, 3.05) is 10.0 Å². The standard InChI is InChI=1S/C20H16N4O5S2/c1-12(24-19(26)15-4-2-3-5-16(15)20(24)27)18(25)22-13-6-8-14(9-7-13)31(28,29)23-17-10-21-11-30-17/h2-12,23H,1H3,(H,22,25). The van der Waals surface area contributed by atoms with Gasteiger partial charge in [0, 0.05) is 5.69 Å². The summed E-state index contributed by atoms with van der Waals surface area (Å²) in [5.74, 6) is -1.63. The SMILES string of the molecule is CC(C(=O)Nc1ccc(S(=O)(=O)Nc2cncs2)cc1)N1C(=O)c2ccccc2C1=O. The molecule has 0 bridgehead atoms. The molecule has 0 saturated heterocycles. The molecule has 1 atom stereocenters. The van der Waals surface area contributed by atoms with Crippen LogP contribution in [0.3, 0.4) is 0 Å². The van der Waals surface area contributed by atoms with E-state index in [4.69, 9.17) is 0 Å². The molecule has 1 aliphatic rings. The first-order valence-electron chi connectivity index (χ1n) is 9.07. The van der Waals surface area contributed by atoms with E-state index in [1.54, 1.807) is 24.3 Å². The summed E-state index contributed by atoms with van der Waals surface area (Å²) in [6.45, 7) is 1.45. The largest absolute Gasteiger partial charge is 0.324 e. The molecule has 158 valence electrons. The smallest absolute Gasteiger partial charge is 0.262 e. The van der Waals surface area contributed by atoms with Gasteiger partial charge in [0.25, 0.3) is 21.8 Å². The first-order chi connectivity index (χ1) is 14.8. The van der Waals surface area contributed by atoms with Crippen LogP contribution >= 0.6 is 11.3 Å². The van der Waals surface area contributed by atoms with Crippen molar-refractivity contribution in [2.45, 2.75) is 17.9 Å². The van der Waals surface area contributed by atoms with Crippen molar-refractivity contribution < 1.29 is 22.8 Å². The molecular weight excluding hydrogens is 440 g/mol. The average molecular weight is 457 g/mol. The number of nitrogens with one attached hydrogen (secondary N) is 2. The van der Waals surface area contributed by atoms with Gasteiger partial charge in [0.2, 0.25) is 5.91 Å². The molecule has 0 fully saturated rings. The lowest BCUT2D eigenvalue weighted by Crippen LogP contribution is -2.45. The van der Waals surface area contributed by atoms with Gasteiger partial charge in [-0.1, -0.05) is 12.1 Å². The second-order valence-corrected chi connectivity index (χ2v) is 9.26. The van der Waals surface area contributed by atoms with Crippen LogP contribution in [0.1, 0.15) is 27.6 Å². The zero-order chi connectivity index (χ0) is 22.2. The predicted molar refractivity (Wildman–Crippen MR) is 114 cm³/mol. The molecule has 0 radical (unpaired) electrons. The number of nitrogens with zero attached hydrogens (tertiary/aromatic N) is 2. The molecule has 1 unspecified atom stereocenters. The predicted octanol–water partition coefficient (Wildman–Crippen LogP) is 2.57. The normalized spacial score (nSPS) is 14.3. The summed E-state index contributed by atoms with van der Waals surface area (Å²) in [6.07, 6.45) is 1.40. The Hall–Kier alpha value is -3.57. The number of carbonyl (C=O) groups excluding carboxylic acids is 3. The van der Waals surface area contributed by atoms with E-state index in [0.29, 0.717) is 10.7 Å². The first kappa shape index (κ1) is 20.7. The number of aromatic nitrogens is 1. The zero-order valence-corrected chi connectivity index (χ0v) is 17.7. The number of imide groups is 1. The zero-order valence-electron chi connectivity index (χ0n) is 16.1. The molecule has 2 aromatic carbocycles. The molecule has 3 amide bonds. The number of hydrogen-bond donors (Lipinski definition) is 2. The maximum absolute atomic E-state index is 12.6. The molecule has 11 heteroatoms. The number of hydrogen-bond acceptors (Lipinski definition) is 7. The summed E-state index contributed by atoms with van der Waals surface area (Å²) in [4.78, 5) is 42.5. The van der Waals surface area contributed by atoms with Gasteiger partial charge in [-0.15, -0.1) is 11.3 Å². The number of anilines is 2. The highest BCUT2D eigenvalue weighted by molar-refractivity contribution is 7.93.